The number of ether oxygens (including phenoxy) is 3. The summed E-state index contributed by atoms with van der Waals surface area (Å²) in [4.78, 5) is 40.9. The molecule has 0 radical (unpaired) electrons. The summed E-state index contributed by atoms with van der Waals surface area (Å²) < 4.78 is 17.0. The van der Waals surface area contributed by atoms with Crippen LogP contribution >= 0.6 is 0 Å². The highest BCUT2D eigenvalue weighted by molar-refractivity contribution is 5.84. The van der Waals surface area contributed by atoms with Gasteiger partial charge in [0.15, 0.2) is 0 Å². The maximum atomic E-state index is 13.5. The van der Waals surface area contributed by atoms with E-state index in [1.807, 2.05) is 58.9 Å². The van der Waals surface area contributed by atoms with Gasteiger partial charge in [-0.05, 0) is 85.9 Å². The monoisotopic (exact) mass is 549 g/mol. The van der Waals surface area contributed by atoms with Gasteiger partial charge in [-0.3, -0.25) is 4.79 Å². The number of hydrogen-bond acceptors (Lipinski definition) is 7. The predicted molar refractivity (Wildman–Crippen MR) is 153 cm³/mol. The van der Waals surface area contributed by atoms with E-state index in [1.165, 1.54) is 4.90 Å². The molecule has 0 bridgehead atoms. The fraction of sp³-hybridized carbons (Fsp3) is 0.700. The summed E-state index contributed by atoms with van der Waals surface area (Å²) in [6, 6.07) is 5.98. The molecule has 0 saturated heterocycles. The maximum Gasteiger partial charge on any atom is 0.329 e. The van der Waals surface area contributed by atoms with E-state index in [9.17, 15) is 14.4 Å². The maximum absolute atomic E-state index is 13.5. The Balaban J connectivity index is 3.17. The van der Waals surface area contributed by atoms with Gasteiger partial charge in [-0.2, -0.15) is 0 Å². The van der Waals surface area contributed by atoms with Crippen LogP contribution in [0.25, 0.3) is 0 Å². The Hall–Kier alpha value is -2.81. The Morgan fingerprint density at radius 2 is 1.33 bits per heavy atom. The highest BCUT2D eigenvalue weighted by Gasteiger charge is 2.32. The lowest BCUT2D eigenvalue weighted by atomic mass is 10.0. The minimum absolute atomic E-state index is 0.0231. The smallest absolute Gasteiger partial charge is 0.329 e. The van der Waals surface area contributed by atoms with Crippen LogP contribution in [0.4, 0.5) is 4.79 Å². The first-order chi connectivity index (χ1) is 17.7. The summed E-state index contributed by atoms with van der Waals surface area (Å²) in [5, 5.41) is 2.85. The van der Waals surface area contributed by atoms with Crippen molar-refractivity contribution in [1.29, 1.82) is 0 Å². The van der Waals surface area contributed by atoms with E-state index in [0.717, 1.165) is 5.56 Å². The van der Waals surface area contributed by atoms with Gasteiger partial charge in [0.25, 0.3) is 0 Å². The molecular formula is C30H51N3O6. The average molecular weight is 550 g/mol. The van der Waals surface area contributed by atoms with E-state index in [0.29, 0.717) is 12.3 Å². The molecule has 0 heterocycles. The lowest BCUT2D eigenvalue weighted by Gasteiger charge is -2.31. The summed E-state index contributed by atoms with van der Waals surface area (Å²) in [5.74, 6) is -0.889. The number of urea groups is 1. The zero-order valence-corrected chi connectivity index (χ0v) is 25.8. The normalized spacial score (nSPS) is 13.9. The quantitative estimate of drug-likeness (QED) is 0.384. The van der Waals surface area contributed by atoms with Crippen LogP contribution in [0.3, 0.4) is 0 Å². The number of rotatable bonds is 11. The molecule has 0 unspecified atom stereocenters. The van der Waals surface area contributed by atoms with Crippen LogP contribution in [0.2, 0.25) is 0 Å². The number of esters is 2. The second kappa shape index (κ2) is 14.0. The van der Waals surface area contributed by atoms with Crippen molar-refractivity contribution in [2.24, 2.45) is 17.6 Å². The Kier molecular flexibility index (Phi) is 12.3. The van der Waals surface area contributed by atoms with Crippen molar-refractivity contribution in [3.8, 4) is 5.75 Å². The number of hydrogen-bond donors (Lipinski definition) is 2. The van der Waals surface area contributed by atoms with Crippen molar-refractivity contribution in [2.45, 2.75) is 105 Å². The molecule has 0 aliphatic rings. The minimum atomic E-state index is -0.946. The number of carbonyl (C=O) groups is 3. The van der Waals surface area contributed by atoms with E-state index in [1.54, 1.807) is 41.5 Å². The van der Waals surface area contributed by atoms with Crippen molar-refractivity contribution in [3.05, 3.63) is 29.8 Å². The second-order valence-corrected chi connectivity index (χ2v) is 13.4. The molecule has 3 N–H and O–H groups in total. The largest absolute Gasteiger partial charge is 0.488 e. The van der Waals surface area contributed by atoms with Crippen molar-refractivity contribution < 1.29 is 28.6 Å². The first-order valence-corrected chi connectivity index (χ1v) is 13.7. The van der Waals surface area contributed by atoms with Crippen molar-refractivity contribution in [2.75, 3.05) is 19.6 Å². The lowest BCUT2D eigenvalue weighted by Crippen LogP contribution is -2.53. The van der Waals surface area contributed by atoms with Crippen LogP contribution in [0, 0.1) is 11.8 Å². The van der Waals surface area contributed by atoms with Gasteiger partial charge in [0.1, 0.15) is 28.6 Å². The molecule has 1 aromatic rings. The Bertz CT molecular complexity index is 939. The second-order valence-electron chi connectivity index (χ2n) is 13.4. The van der Waals surface area contributed by atoms with Crippen LogP contribution in [0.15, 0.2) is 24.3 Å². The van der Waals surface area contributed by atoms with Gasteiger partial charge in [0.05, 0.1) is 5.92 Å². The molecule has 39 heavy (non-hydrogen) atoms. The van der Waals surface area contributed by atoms with Gasteiger partial charge in [0.2, 0.25) is 0 Å². The first-order valence-electron chi connectivity index (χ1n) is 13.7. The van der Waals surface area contributed by atoms with Gasteiger partial charge in [-0.15, -0.1) is 0 Å². The lowest BCUT2D eigenvalue weighted by molar-refractivity contribution is -0.160. The standard InChI is InChI=1S/C30H51N3O6/c1-20(2)18-33(19-22(17-31)25(34)38-29(6,7)8)27(36)32-24(26(35)39-30(9,10)11)16-21-12-14-23(15-13-21)37-28(3,4)5/h12-15,20,22,24H,16-19,31H2,1-11H3,(H,32,36)/t22-,24+/m1/s1. The van der Waals surface area contributed by atoms with Crippen LogP contribution < -0.4 is 15.8 Å². The van der Waals surface area contributed by atoms with E-state index in [4.69, 9.17) is 19.9 Å². The molecule has 0 spiro atoms. The molecular weight excluding hydrogens is 498 g/mol. The average Bonchev–Trinajstić information content (AvgIpc) is 2.73. The third-order valence-corrected chi connectivity index (χ3v) is 5.11. The van der Waals surface area contributed by atoms with Gasteiger partial charge in [0, 0.05) is 26.1 Å². The molecule has 0 aromatic heterocycles. The number of nitrogens with one attached hydrogen (secondary N) is 1. The number of nitrogens with zero attached hydrogens (tertiary/aromatic N) is 1. The molecule has 222 valence electrons. The van der Waals surface area contributed by atoms with Gasteiger partial charge in [-0.25, -0.2) is 9.59 Å². The summed E-state index contributed by atoms with van der Waals surface area (Å²) in [7, 11) is 0. The number of amides is 2. The molecule has 2 amide bonds. The molecule has 9 heteroatoms. The topological polar surface area (TPSA) is 120 Å². The number of benzene rings is 1. The molecule has 0 aliphatic heterocycles. The molecule has 1 aromatic carbocycles. The zero-order chi connectivity index (χ0) is 30.2. The van der Waals surface area contributed by atoms with Crippen LogP contribution in [0.5, 0.6) is 5.75 Å². The molecule has 0 saturated carbocycles. The van der Waals surface area contributed by atoms with Crippen LogP contribution in [-0.2, 0) is 25.5 Å². The van der Waals surface area contributed by atoms with E-state index >= 15 is 0 Å². The summed E-state index contributed by atoms with van der Waals surface area (Å²) in [5.41, 5.74) is 4.98. The first kappa shape index (κ1) is 34.2. The summed E-state index contributed by atoms with van der Waals surface area (Å²) in [6.45, 7) is 21.0. The van der Waals surface area contributed by atoms with Gasteiger partial charge < -0.3 is 30.2 Å². The van der Waals surface area contributed by atoms with Gasteiger partial charge >= 0.3 is 18.0 Å². The number of nitrogens with two attached hydrogens (primary N) is 1. The Morgan fingerprint density at radius 3 is 1.77 bits per heavy atom. The molecule has 0 fully saturated rings. The fourth-order valence-electron chi connectivity index (χ4n) is 3.67. The zero-order valence-electron chi connectivity index (χ0n) is 25.8. The Labute approximate surface area is 235 Å². The predicted octanol–water partition coefficient (Wildman–Crippen LogP) is 4.70. The van der Waals surface area contributed by atoms with E-state index in [2.05, 4.69) is 5.32 Å². The van der Waals surface area contributed by atoms with Crippen LogP contribution in [-0.4, -0.2) is 65.3 Å². The van der Waals surface area contributed by atoms with E-state index < -0.39 is 41.1 Å². The highest BCUT2D eigenvalue weighted by Crippen LogP contribution is 2.20. The minimum Gasteiger partial charge on any atom is -0.488 e. The third-order valence-electron chi connectivity index (χ3n) is 5.11. The fourth-order valence-corrected chi connectivity index (χ4v) is 3.67. The summed E-state index contributed by atoms with van der Waals surface area (Å²) in [6.07, 6.45) is 0.221. The van der Waals surface area contributed by atoms with Crippen LogP contribution in [0.1, 0.15) is 81.7 Å². The molecule has 0 aliphatic carbocycles. The third kappa shape index (κ3) is 14.2. The van der Waals surface area contributed by atoms with E-state index in [-0.39, 0.29) is 31.0 Å². The number of carbonyl (C=O) groups excluding carboxylic acids is 3. The summed E-state index contributed by atoms with van der Waals surface area (Å²) >= 11 is 0. The van der Waals surface area contributed by atoms with Gasteiger partial charge in [-0.1, -0.05) is 26.0 Å². The molecule has 9 nitrogen and oxygen atoms in total. The SMILES string of the molecule is CC(C)CN(C[C@@H](CN)C(=O)OC(C)(C)C)C(=O)N[C@@H](Cc1ccc(OC(C)(C)C)cc1)C(=O)OC(C)(C)C. The van der Waals surface area contributed by atoms with Crippen molar-refractivity contribution in [1.82, 2.24) is 10.2 Å². The molecule has 2 atom stereocenters. The Morgan fingerprint density at radius 1 is 0.821 bits per heavy atom. The highest BCUT2D eigenvalue weighted by atomic mass is 16.6. The van der Waals surface area contributed by atoms with Crippen molar-refractivity contribution >= 4 is 18.0 Å². The molecule has 1 rings (SSSR count). The van der Waals surface area contributed by atoms with Crippen molar-refractivity contribution in [3.63, 3.8) is 0 Å².